The Morgan fingerprint density at radius 2 is 2.12 bits per heavy atom. The Kier molecular flexibility index (Phi) is 3.74. The van der Waals surface area contributed by atoms with Gasteiger partial charge in [-0.3, -0.25) is 4.79 Å². The summed E-state index contributed by atoms with van der Waals surface area (Å²) < 4.78 is 0. The Labute approximate surface area is 106 Å². The summed E-state index contributed by atoms with van der Waals surface area (Å²) in [4.78, 5) is 11.7. The Hall–Kier alpha value is -1.42. The molecule has 1 aliphatic heterocycles. The number of nitrogens with one attached hydrogen (secondary N) is 2. The van der Waals surface area contributed by atoms with Crippen molar-refractivity contribution in [2.75, 3.05) is 5.88 Å². The van der Waals surface area contributed by atoms with Crippen molar-refractivity contribution in [1.82, 2.24) is 10.6 Å². The quantitative estimate of drug-likeness (QED) is 0.804. The summed E-state index contributed by atoms with van der Waals surface area (Å²) in [5, 5.41) is 6.06. The van der Waals surface area contributed by atoms with E-state index in [0.717, 1.165) is 17.9 Å². The Bertz CT molecular complexity index is 439. The lowest BCUT2D eigenvalue weighted by molar-refractivity contribution is -0.110. The van der Waals surface area contributed by atoms with Crippen LogP contribution in [0.25, 0.3) is 4.91 Å². The maximum atomic E-state index is 10.4. The molecule has 0 fully saturated rings. The molecule has 1 atom stereocenters. The van der Waals surface area contributed by atoms with Gasteiger partial charge in [-0.2, -0.15) is 0 Å². The van der Waals surface area contributed by atoms with Gasteiger partial charge in [-0.05, 0) is 25.0 Å². The van der Waals surface area contributed by atoms with Crippen LogP contribution in [0.2, 0.25) is 0 Å². The summed E-state index contributed by atoms with van der Waals surface area (Å²) in [6.45, 7) is 4.07. The first-order valence-corrected chi connectivity index (χ1v) is 6.58. The summed E-state index contributed by atoms with van der Waals surface area (Å²) >= 11 is 1.82. The predicted octanol–water partition coefficient (Wildman–Crippen LogP) is 2.48. The topological polar surface area (TPSA) is 41.1 Å². The van der Waals surface area contributed by atoms with E-state index in [1.54, 1.807) is 0 Å². The number of hydrogen-bond acceptors (Lipinski definition) is 3. The summed E-state index contributed by atoms with van der Waals surface area (Å²) in [5.41, 5.74) is 3.59. The minimum atomic E-state index is 0.0611. The molecule has 1 aromatic rings. The number of amides is 1. The van der Waals surface area contributed by atoms with Crippen LogP contribution in [-0.4, -0.2) is 12.3 Å². The number of carbonyl (C=O) groups is 1. The second-order valence-electron chi connectivity index (χ2n) is 4.05. The molecule has 1 heterocycles. The van der Waals surface area contributed by atoms with Crippen molar-refractivity contribution in [3.8, 4) is 0 Å². The molecule has 3 nitrogen and oxygen atoms in total. The fourth-order valence-electron chi connectivity index (χ4n) is 1.83. The van der Waals surface area contributed by atoms with Crippen LogP contribution in [0.1, 0.15) is 31.0 Å². The number of hydrogen-bond donors (Lipinski definition) is 2. The summed E-state index contributed by atoms with van der Waals surface area (Å²) in [6.07, 6.45) is 0.738. The lowest BCUT2D eigenvalue weighted by Gasteiger charge is -2.11. The smallest absolute Gasteiger partial charge is 0.207 e. The van der Waals surface area contributed by atoms with E-state index in [-0.39, 0.29) is 6.04 Å². The van der Waals surface area contributed by atoms with Crippen LogP contribution in [0.3, 0.4) is 0 Å². The van der Waals surface area contributed by atoms with E-state index in [2.05, 4.69) is 41.8 Å². The Balaban J connectivity index is 2.18. The van der Waals surface area contributed by atoms with Crippen molar-refractivity contribution in [2.45, 2.75) is 19.9 Å². The first-order chi connectivity index (χ1) is 8.22. The van der Waals surface area contributed by atoms with Crippen molar-refractivity contribution >= 4 is 23.1 Å². The van der Waals surface area contributed by atoms with Gasteiger partial charge >= 0.3 is 0 Å². The van der Waals surface area contributed by atoms with Gasteiger partial charge in [0, 0.05) is 10.6 Å². The molecule has 1 aromatic carbocycles. The van der Waals surface area contributed by atoms with E-state index in [4.69, 9.17) is 0 Å². The minimum absolute atomic E-state index is 0.0611. The van der Waals surface area contributed by atoms with Gasteiger partial charge in [-0.1, -0.05) is 24.3 Å². The molecule has 1 amide bonds. The van der Waals surface area contributed by atoms with Crippen LogP contribution < -0.4 is 10.6 Å². The molecular formula is C13H16N2OS. The van der Waals surface area contributed by atoms with Crippen LogP contribution in [0.15, 0.2) is 30.0 Å². The van der Waals surface area contributed by atoms with E-state index in [9.17, 15) is 4.79 Å². The maximum absolute atomic E-state index is 10.4. The lowest BCUT2D eigenvalue weighted by atomic mass is 10.1. The average Bonchev–Trinajstić information content (AvgIpc) is 2.76. The molecule has 4 heteroatoms. The third-order valence-electron chi connectivity index (χ3n) is 2.89. The highest BCUT2D eigenvalue weighted by atomic mass is 32.2. The number of thioether (sulfide) groups is 1. The van der Waals surface area contributed by atoms with Crippen LogP contribution in [-0.2, 0) is 4.79 Å². The summed E-state index contributed by atoms with van der Waals surface area (Å²) in [5.74, 6) is 0.950. The normalized spacial score (nSPS) is 16.6. The maximum Gasteiger partial charge on any atom is 0.207 e. The largest absolute Gasteiger partial charge is 0.378 e. The lowest BCUT2D eigenvalue weighted by Crippen LogP contribution is -2.15. The molecule has 2 rings (SSSR count). The SMILES string of the molecule is CC1=C(c2ccc([C@@H](C)NC=O)cc2)SCN1. The van der Waals surface area contributed by atoms with Gasteiger partial charge in [0.25, 0.3) is 0 Å². The molecule has 0 bridgehead atoms. The number of allylic oxidation sites excluding steroid dienone is 1. The van der Waals surface area contributed by atoms with E-state index in [1.807, 2.05) is 18.7 Å². The molecule has 0 spiro atoms. The number of benzene rings is 1. The summed E-state index contributed by atoms with van der Waals surface area (Å²) in [7, 11) is 0. The van der Waals surface area contributed by atoms with Crippen LogP contribution in [0, 0.1) is 0 Å². The van der Waals surface area contributed by atoms with Gasteiger partial charge in [0.15, 0.2) is 0 Å². The highest BCUT2D eigenvalue weighted by molar-refractivity contribution is 8.08. The third kappa shape index (κ3) is 2.64. The predicted molar refractivity (Wildman–Crippen MR) is 72.2 cm³/mol. The highest BCUT2D eigenvalue weighted by Gasteiger charge is 2.13. The molecule has 0 unspecified atom stereocenters. The molecule has 0 aromatic heterocycles. The average molecular weight is 248 g/mol. The van der Waals surface area contributed by atoms with Crippen molar-refractivity contribution < 1.29 is 4.79 Å². The standard InChI is InChI=1S/C13H16N2OS/c1-9(14-7-16)11-3-5-12(6-4-11)13-10(2)15-8-17-13/h3-7,9,15H,8H2,1-2H3,(H,14,16)/t9-/m1/s1. The molecule has 90 valence electrons. The first-order valence-electron chi connectivity index (χ1n) is 5.60. The van der Waals surface area contributed by atoms with Gasteiger partial charge in [-0.15, -0.1) is 11.8 Å². The highest BCUT2D eigenvalue weighted by Crippen LogP contribution is 2.34. The van der Waals surface area contributed by atoms with Gasteiger partial charge < -0.3 is 10.6 Å². The molecular weight excluding hydrogens is 232 g/mol. The second kappa shape index (κ2) is 5.27. The third-order valence-corrected chi connectivity index (χ3v) is 4.00. The van der Waals surface area contributed by atoms with Gasteiger partial charge in [-0.25, -0.2) is 0 Å². The molecule has 0 aliphatic carbocycles. The van der Waals surface area contributed by atoms with Crippen LogP contribution in [0.4, 0.5) is 0 Å². The fourth-order valence-corrected chi connectivity index (χ4v) is 2.85. The number of rotatable bonds is 4. The molecule has 0 radical (unpaired) electrons. The van der Waals surface area contributed by atoms with Gasteiger partial charge in [0.05, 0.1) is 11.9 Å². The number of carbonyl (C=O) groups excluding carboxylic acids is 1. The molecule has 2 N–H and O–H groups in total. The molecule has 17 heavy (non-hydrogen) atoms. The molecule has 0 saturated heterocycles. The van der Waals surface area contributed by atoms with E-state index in [1.165, 1.54) is 16.2 Å². The van der Waals surface area contributed by atoms with E-state index >= 15 is 0 Å². The zero-order valence-electron chi connectivity index (χ0n) is 9.99. The molecule has 1 aliphatic rings. The van der Waals surface area contributed by atoms with Crippen LogP contribution in [0.5, 0.6) is 0 Å². The zero-order valence-corrected chi connectivity index (χ0v) is 10.8. The zero-order chi connectivity index (χ0) is 12.3. The first kappa shape index (κ1) is 12.0. The van der Waals surface area contributed by atoms with E-state index < -0.39 is 0 Å². The Morgan fingerprint density at radius 3 is 2.65 bits per heavy atom. The van der Waals surface area contributed by atoms with Crippen LogP contribution >= 0.6 is 11.8 Å². The van der Waals surface area contributed by atoms with Gasteiger partial charge in [0.2, 0.25) is 6.41 Å². The summed E-state index contributed by atoms with van der Waals surface area (Å²) in [6, 6.07) is 8.41. The van der Waals surface area contributed by atoms with Crippen molar-refractivity contribution in [2.24, 2.45) is 0 Å². The monoisotopic (exact) mass is 248 g/mol. The van der Waals surface area contributed by atoms with Gasteiger partial charge in [0.1, 0.15) is 0 Å². The Morgan fingerprint density at radius 1 is 1.41 bits per heavy atom. The molecule has 0 saturated carbocycles. The van der Waals surface area contributed by atoms with Crippen molar-refractivity contribution in [3.63, 3.8) is 0 Å². The second-order valence-corrected chi connectivity index (χ2v) is 5.03. The fraction of sp³-hybridized carbons (Fsp3) is 0.308. The van der Waals surface area contributed by atoms with Crippen molar-refractivity contribution in [1.29, 1.82) is 0 Å². The minimum Gasteiger partial charge on any atom is -0.378 e. The van der Waals surface area contributed by atoms with E-state index in [0.29, 0.717) is 0 Å². The van der Waals surface area contributed by atoms with Crippen molar-refractivity contribution in [3.05, 3.63) is 41.1 Å².